The average Bonchev–Trinajstić information content (AvgIpc) is 3.14. The Morgan fingerprint density at radius 2 is 2.00 bits per heavy atom. The number of carbonyl (C=O) groups excluding carboxylic acids is 1. The standard InChI is InChI=1S/C28H33N3O3/c1-33-27-9-8-24(30-12-3-2-4-13-30)17-25(27)28(32)31-14-15-34-20-21(19-31)16-23-7-5-6-22-10-11-29-18-26(22)23/h5-11,17-18,21H,2-4,12-16,19-20H2,1H3/t21-/m0/s1. The topological polar surface area (TPSA) is 54.9 Å². The predicted octanol–water partition coefficient (Wildman–Crippen LogP) is 4.57. The Kier molecular flexibility index (Phi) is 6.95. The third kappa shape index (κ3) is 4.87. The molecule has 0 aliphatic carbocycles. The van der Waals surface area contributed by atoms with Crippen LogP contribution >= 0.6 is 0 Å². The smallest absolute Gasteiger partial charge is 0.257 e. The summed E-state index contributed by atoms with van der Waals surface area (Å²) in [5.41, 5.74) is 2.99. The summed E-state index contributed by atoms with van der Waals surface area (Å²) in [4.78, 5) is 22.4. The fourth-order valence-electron chi connectivity index (χ4n) is 5.24. The lowest BCUT2D eigenvalue weighted by Gasteiger charge is -2.30. The van der Waals surface area contributed by atoms with Gasteiger partial charge in [-0.15, -0.1) is 0 Å². The molecule has 5 rings (SSSR count). The number of fused-ring (bicyclic) bond motifs is 1. The van der Waals surface area contributed by atoms with Gasteiger partial charge < -0.3 is 19.3 Å². The second-order valence-corrected chi connectivity index (χ2v) is 9.34. The van der Waals surface area contributed by atoms with Crippen LogP contribution in [-0.2, 0) is 11.2 Å². The largest absolute Gasteiger partial charge is 0.496 e. The molecule has 6 nitrogen and oxygen atoms in total. The van der Waals surface area contributed by atoms with Gasteiger partial charge >= 0.3 is 0 Å². The van der Waals surface area contributed by atoms with Crippen molar-refractivity contribution in [3.63, 3.8) is 0 Å². The number of aromatic nitrogens is 1. The maximum absolute atomic E-state index is 13.7. The molecule has 0 radical (unpaired) electrons. The molecule has 0 bridgehead atoms. The summed E-state index contributed by atoms with van der Waals surface area (Å²) in [6, 6.07) is 14.4. The fourth-order valence-corrected chi connectivity index (χ4v) is 5.24. The molecule has 34 heavy (non-hydrogen) atoms. The molecule has 0 spiro atoms. The van der Waals surface area contributed by atoms with Crippen LogP contribution in [0.1, 0.15) is 35.2 Å². The van der Waals surface area contributed by atoms with E-state index in [0.29, 0.717) is 37.6 Å². The van der Waals surface area contributed by atoms with Crippen molar-refractivity contribution >= 4 is 22.4 Å². The SMILES string of the molecule is COc1ccc(N2CCCCC2)cc1C(=O)N1CCOC[C@@H](Cc2cccc3ccncc23)C1. The summed E-state index contributed by atoms with van der Waals surface area (Å²) < 4.78 is 11.5. The first-order valence-corrected chi connectivity index (χ1v) is 12.3. The minimum Gasteiger partial charge on any atom is -0.496 e. The van der Waals surface area contributed by atoms with Crippen molar-refractivity contribution in [2.24, 2.45) is 5.92 Å². The van der Waals surface area contributed by atoms with E-state index in [1.807, 2.05) is 35.5 Å². The minimum atomic E-state index is 0.0193. The number of rotatable bonds is 5. The molecule has 178 valence electrons. The van der Waals surface area contributed by atoms with Crippen LogP contribution in [0.25, 0.3) is 10.8 Å². The maximum Gasteiger partial charge on any atom is 0.257 e. The zero-order valence-electron chi connectivity index (χ0n) is 19.9. The Morgan fingerprint density at radius 1 is 1.12 bits per heavy atom. The van der Waals surface area contributed by atoms with Crippen molar-refractivity contribution in [1.82, 2.24) is 9.88 Å². The van der Waals surface area contributed by atoms with Crippen molar-refractivity contribution in [3.8, 4) is 5.75 Å². The van der Waals surface area contributed by atoms with Crippen LogP contribution in [-0.4, -0.2) is 62.3 Å². The summed E-state index contributed by atoms with van der Waals surface area (Å²) in [6.07, 6.45) is 8.28. The van der Waals surface area contributed by atoms with E-state index in [1.54, 1.807) is 7.11 Å². The van der Waals surface area contributed by atoms with Crippen molar-refractivity contribution in [2.75, 3.05) is 51.4 Å². The molecule has 0 N–H and O–H groups in total. The number of hydrogen-bond acceptors (Lipinski definition) is 5. The van der Waals surface area contributed by atoms with Gasteiger partial charge in [0.1, 0.15) is 5.75 Å². The third-order valence-electron chi connectivity index (χ3n) is 7.04. The molecule has 3 aromatic rings. The Hall–Kier alpha value is -3.12. The maximum atomic E-state index is 13.7. The fraction of sp³-hybridized carbons (Fsp3) is 0.429. The summed E-state index contributed by atoms with van der Waals surface area (Å²) in [5.74, 6) is 0.868. The highest BCUT2D eigenvalue weighted by Gasteiger charge is 2.27. The summed E-state index contributed by atoms with van der Waals surface area (Å²) in [7, 11) is 1.63. The Labute approximate surface area is 201 Å². The van der Waals surface area contributed by atoms with Crippen LogP contribution in [0.4, 0.5) is 5.69 Å². The van der Waals surface area contributed by atoms with Gasteiger partial charge in [-0.2, -0.15) is 0 Å². The van der Waals surface area contributed by atoms with Crippen molar-refractivity contribution in [1.29, 1.82) is 0 Å². The summed E-state index contributed by atoms with van der Waals surface area (Å²) >= 11 is 0. The lowest BCUT2D eigenvalue weighted by molar-refractivity contribution is 0.0734. The highest BCUT2D eigenvalue weighted by Crippen LogP contribution is 2.29. The zero-order chi connectivity index (χ0) is 23.3. The van der Waals surface area contributed by atoms with Gasteiger partial charge in [-0.1, -0.05) is 18.2 Å². The lowest BCUT2D eigenvalue weighted by atomic mass is 9.95. The van der Waals surface area contributed by atoms with Crippen LogP contribution < -0.4 is 9.64 Å². The second kappa shape index (κ2) is 10.4. The first-order chi connectivity index (χ1) is 16.7. The number of hydrogen-bond donors (Lipinski definition) is 0. The van der Waals surface area contributed by atoms with Crippen LogP contribution in [0.5, 0.6) is 5.75 Å². The molecule has 1 aromatic heterocycles. The molecule has 1 atom stereocenters. The van der Waals surface area contributed by atoms with E-state index in [4.69, 9.17) is 9.47 Å². The molecule has 1 amide bonds. The van der Waals surface area contributed by atoms with Crippen molar-refractivity contribution in [2.45, 2.75) is 25.7 Å². The number of ether oxygens (including phenoxy) is 2. The molecule has 0 saturated carbocycles. The molecule has 6 heteroatoms. The number of piperidine rings is 1. The zero-order valence-corrected chi connectivity index (χ0v) is 19.9. The van der Waals surface area contributed by atoms with Gasteiger partial charge in [0.2, 0.25) is 0 Å². The molecule has 2 aliphatic rings. The number of anilines is 1. The molecule has 2 saturated heterocycles. The highest BCUT2D eigenvalue weighted by molar-refractivity contribution is 5.98. The van der Waals surface area contributed by atoms with E-state index >= 15 is 0 Å². The monoisotopic (exact) mass is 459 g/mol. The summed E-state index contributed by atoms with van der Waals surface area (Å²) in [6.45, 7) is 4.52. The lowest BCUT2D eigenvalue weighted by Crippen LogP contribution is -2.37. The molecule has 2 fully saturated rings. The predicted molar refractivity (Wildman–Crippen MR) is 135 cm³/mol. The van der Waals surface area contributed by atoms with E-state index in [2.05, 4.69) is 34.1 Å². The van der Waals surface area contributed by atoms with Crippen LogP contribution in [0.15, 0.2) is 54.9 Å². The minimum absolute atomic E-state index is 0.0193. The first kappa shape index (κ1) is 22.7. The van der Waals surface area contributed by atoms with Gasteiger partial charge in [-0.3, -0.25) is 9.78 Å². The third-order valence-corrected chi connectivity index (χ3v) is 7.04. The molecular formula is C28H33N3O3. The van der Waals surface area contributed by atoms with E-state index < -0.39 is 0 Å². The Morgan fingerprint density at radius 3 is 2.85 bits per heavy atom. The highest BCUT2D eigenvalue weighted by atomic mass is 16.5. The molecule has 2 aliphatic heterocycles. The van der Waals surface area contributed by atoms with E-state index in [9.17, 15) is 4.79 Å². The normalized spacial score (nSPS) is 19.1. The molecule has 3 heterocycles. The van der Waals surface area contributed by atoms with E-state index in [-0.39, 0.29) is 11.8 Å². The van der Waals surface area contributed by atoms with Crippen LogP contribution in [0.3, 0.4) is 0 Å². The van der Waals surface area contributed by atoms with Gasteiger partial charge in [0.15, 0.2) is 0 Å². The average molecular weight is 460 g/mol. The van der Waals surface area contributed by atoms with Gasteiger partial charge in [-0.25, -0.2) is 0 Å². The van der Waals surface area contributed by atoms with Gasteiger partial charge in [0.25, 0.3) is 5.91 Å². The van der Waals surface area contributed by atoms with Crippen molar-refractivity contribution in [3.05, 3.63) is 66.0 Å². The number of amides is 1. The number of nitrogens with zero attached hydrogens (tertiary/aromatic N) is 3. The first-order valence-electron chi connectivity index (χ1n) is 12.3. The molecule has 0 unspecified atom stereocenters. The Balaban J connectivity index is 1.37. The van der Waals surface area contributed by atoms with Gasteiger partial charge in [0, 0.05) is 55.6 Å². The Bertz CT molecular complexity index is 1140. The van der Waals surface area contributed by atoms with Crippen LogP contribution in [0.2, 0.25) is 0 Å². The summed E-state index contributed by atoms with van der Waals surface area (Å²) in [5, 5.41) is 2.36. The van der Waals surface area contributed by atoms with E-state index in [0.717, 1.165) is 25.2 Å². The quantitative estimate of drug-likeness (QED) is 0.560. The van der Waals surface area contributed by atoms with Crippen molar-refractivity contribution < 1.29 is 14.3 Å². The van der Waals surface area contributed by atoms with Crippen LogP contribution in [0, 0.1) is 5.92 Å². The van der Waals surface area contributed by atoms with E-state index in [1.165, 1.54) is 35.6 Å². The molecular weight excluding hydrogens is 426 g/mol. The second-order valence-electron chi connectivity index (χ2n) is 9.34. The van der Waals surface area contributed by atoms with Gasteiger partial charge in [-0.05, 0) is 60.9 Å². The van der Waals surface area contributed by atoms with Gasteiger partial charge in [0.05, 0.1) is 25.9 Å². The molecule has 2 aromatic carbocycles. The number of carbonyl (C=O) groups is 1. The number of benzene rings is 2. The number of methoxy groups -OCH3 is 1. The number of pyridine rings is 1.